The van der Waals surface area contributed by atoms with Crippen molar-refractivity contribution < 1.29 is 18.7 Å². The van der Waals surface area contributed by atoms with E-state index in [1.165, 1.54) is 0 Å². The molecule has 1 aliphatic heterocycles. The minimum Gasteiger partial charge on any atom is -0.481 e. The summed E-state index contributed by atoms with van der Waals surface area (Å²) in [5.41, 5.74) is 0.889. The molecule has 2 heterocycles. The number of halogens is 2. The molecule has 1 saturated heterocycles. The molecule has 128 valence electrons. The summed E-state index contributed by atoms with van der Waals surface area (Å²) in [7, 11) is 1.96. The lowest BCUT2D eigenvalue weighted by Crippen LogP contribution is -2.50. The number of aromatic nitrogens is 1. The number of anilines is 1. The molecule has 0 aliphatic carbocycles. The number of hydrogen-bond donors (Lipinski definition) is 1. The summed E-state index contributed by atoms with van der Waals surface area (Å²) in [6, 6.07) is 4.13. The maximum absolute atomic E-state index is 13.6. The highest BCUT2D eigenvalue weighted by Crippen LogP contribution is 2.34. The molecule has 23 heavy (non-hydrogen) atoms. The number of hydrogen-bond acceptors (Lipinski definition) is 4. The normalized spacial score (nSPS) is 21.4. The van der Waals surface area contributed by atoms with Crippen LogP contribution in [0.15, 0.2) is 18.3 Å². The number of likely N-dealkylation sites (tertiary alicyclic amines) is 1. The van der Waals surface area contributed by atoms with Gasteiger partial charge in [0.05, 0.1) is 0 Å². The number of piperidine rings is 1. The maximum Gasteiger partial charge on any atom is 0.313 e. The first kappa shape index (κ1) is 17.6. The number of pyridine rings is 1. The second kappa shape index (κ2) is 6.78. The van der Waals surface area contributed by atoms with E-state index < -0.39 is 24.2 Å². The first-order valence-electron chi connectivity index (χ1n) is 7.71. The largest absolute Gasteiger partial charge is 0.481 e. The molecule has 7 heteroatoms. The monoisotopic (exact) mass is 327 g/mol. The maximum atomic E-state index is 13.6. The Bertz CT molecular complexity index is 549. The van der Waals surface area contributed by atoms with Gasteiger partial charge in [0.25, 0.3) is 5.92 Å². The van der Waals surface area contributed by atoms with Gasteiger partial charge in [0.2, 0.25) is 0 Å². The van der Waals surface area contributed by atoms with Gasteiger partial charge >= 0.3 is 5.97 Å². The molecule has 0 bridgehead atoms. The summed E-state index contributed by atoms with van der Waals surface area (Å²) < 4.78 is 27.2. The molecule has 1 aliphatic rings. The van der Waals surface area contributed by atoms with Crippen molar-refractivity contribution in [2.45, 2.75) is 38.8 Å². The van der Waals surface area contributed by atoms with Crippen LogP contribution in [0.25, 0.3) is 0 Å². The Morgan fingerprint density at radius 2 is 2.22 bits per heavy atom. The Hall–Kier alpha value is -1.76. The van der Waals surface area contributed by atoms with Crippen molar-refractivity contribution >= 4 is 11.8 Å². The van der Waals surface area contributed by atoms with E-state index in [0.29, 0.717) is 12.6 Å². The molecule has 1 N–H and O–H groups in total. The van der Waals surface area contributed by atoms with Gasteiger partial charge in [0, 0.05) is 45.3 Å². The second-order valence-electron chi connectivity index (χ2n) is 6.37. The first-order chi connectivity index (χ1) is 10.7. The molecule has 0 saturated carbocycles. The summed E-state index contributed by atoms with van der Waals surface area (Å²) in [4.78, 5) is 19.2. The third-order valence-corrected chi connectivity index (χ3v) is 4.36. The number of carboxylic acids is 1. The molecule has 1 atom stereocenters. The predicted octanol–water partition coefficient (Wildman–Crippen LogP) is 2.47. The number of nitrogens with zero attached hydrogens (tertiary/aromatic N) is 3. The Labute approximate surface area is 134 Å². The number of carboxylic acid groups (broad SMARTS) is 1. The van der Waals surface area contributed by atoms with Crippen LogP contribution in [0.1, 0.15) is 25.8 Å². The van der Waals surface area contributed by atoms with E-state index in [-0.39, 0.29) is 13.1 Å². The van der Waals surface area contributed by atoms with E-state index in [4.69, 9.17) is 5.11 Å². The van der Waals surface area contributed by atoms with Gasteiger partial charge in [-0.3, -0.25) is 9.69 Å². The van der Waals surface area contributed by atoms with Crippen LogP contribution < -0.4 is 4.90 Å². The van der Waals surface area contributed by atoms with Crippen molar-refractivity contribution in [1.29, 1.82) is 0 Å². The van der Waals surface area contributed by atoms with Crippen LogP contribution in [-0.2, 0) is 11.3 Å². The fraction of sp³-hybridized carbons (Fsp3) is 0.625. The molecular formula is C16H23F2N3O2. The Morgan fingerprint density at radius 3 is 2.74 bits per heavy atom. The fourth-order valence-electron chi connectivity index (χ4n) is 2.61. The SMILES string of the molecule is CC(C)N(C)c1ccc(CN2CCC(F)(F)C(C(=O)O)C2)cn1. The Kier molecular flexibility index (Phi) is 5.19. The zero-order chi connectivity index (χ0) is 17.2. The minimum absolute atomic E-state index is 0.143. The lowest BCUT2D eigenvalue weighted by molar-refractivity contribution is -0.167. The highest BCUT2D eigenvalue weighted by atomic mass is 19.3. The van der Waals surface area contributed by atoms with E-state index in [1.54, 1.807) is 11.1 Å². The van der Waals surface area contributed by atoms with Crippen LogP contribution in [0.3, 0.4) is 0 Å². The van der Waals surface area contributed by atoms with Crippen LogP contribution in [0.4, 0.5) is 14.6 Å². The molecule has 2 rings (SSSR count). The van der Waals surface area contributed by atoms with E-state index in [2.05, 4.69) is 18.8 Å². The van der Waals surface area contributed by atoms with Crippen molar-refractivity contribution in [1.82, 2.24) is 9.88 Å². The van der Waals surface area contributed by atoms with Crippen molar-refractivity contribution in [3.63, 3.8) is 0 Å². The van der Waals surface area contributed by atoms with Gasteiger partial charge in [-0.05, 0) is 25.5 Å². The highest BCUT2D eigenvalue weighted by Gasteiger charge is 2.48. The lowest BCUT2D eigenvalue weighted by atomic mass is 9.93. The Morgan fingerprint density at radius 1 is 1.52 bits per heavy atom. The van der Waals surface area contributed by atoms with Crippen LogP contribution in [0.2, 0.25) is 0 Å². The molecule has 0 radical (unpaired) electrons. The van der Waals surface area contributed by atoms with Crippen LogP contribution in [0.5, 0.6) is 0 Å². The van der Waals surface area contributed by atoms with Gasteiger partial charge < -0.3 is 10.0 Å². The Balaban J connectivity index is 2.01. The second-order valence-corrected chi connectivity index (χ2v) is 6.37. The van der Waals surface area contributed by atoms with E-state index in [0.717, 1.165) is 11.4 Å². The zero-order valence-corrected chi connectivity index (χ0v) is 13.7. The quantitative estimate of drug-likeness (QED) is 0.900. The zero-order valence-electron chi connectivity index (χ0n) is 13.7. The molecule has 5 nitrogen and oxygen atoms in total. The topological polar surface area (TPSA) is 56.7 Å². The van der Waals surface area contributed by atoms with Gasteiger partial charge in [-0.25, -0.2) is 13.8 Å². The number of aliphatic carboxylic acids is 1. The summed E-state index contributed by atoms with van der Waals surface area (Å²) in [6.45, 7) is 4.60. The standard InChI is InChI=1S/C16H23F2N3O2/c1-11(2)20(3)14-5-4-12(8-19-14)9-21-7-6-16(17,18)13(10-21)15(22)23/h4-5,8,11,13H,6-7,9-10H2,1-3H3,(H,22,23). The van der Waals surface area contributed by atoms with Crippen LogP contribution in [-0.4, -0.2) is 53.1 Å². The average molecular weight is 327 g/mol. The first-order valence-corrected chi connectivity index (χ1v) is 7.71. The van der Waals surface area contributed by atoms with E-state index >= 15 is 0 Å². The summed E-state index contributed by atoms with van der Waals surface area (Å²) in [5.74, 6) is -5.37. The van der Waals surface area contributed by atoms with Gasteiger partial charge in [-0.1, -0.05) is 6.07 Å². The van der Waals surface area contributed by atoms with Crippen molar-refractivity contribution in [2.75, 3.05) is 25.0 Å². The molecule has 1 unspecified atom stereocenters. The van der Waals surface area contributed by atoms with E-state index in [1.807, 2.05) is 24.1 Å². The van der Waals surface area contributed by atoms with Gasteiger partial charge in [-0.15, -0.1) is 0 Å². The third kappa shape index (κ3) is 4.16. The number of carbonyl (C=O) groups is 1. The third-order valence-electron chi connectivity index (χ3n) is 4.36. The molecule has 0 spiro atoms. The summed E-state index contributed by atoms with van der Waals surface area (Å²) >= 11 is 0. The van der Waals surface area contributed by atoms with E-state index in [9.17, 15) is 13.6 Å². The average Bonchev–Trinajstić information content (AvgIpc) is 2.48. The summed E-state index contributed by atoms with van der Waals surface area (Å²) in [6.07, 6.45) is 1.29. The molecular weight excluding hydrogens is 304 g/mol. The van der Waals surface area contributed by atoms with Gasteiger partial charge in [0.15, 0.2) is 0 Å². The predicted molar refractivity (Wildman–Crippen MR) is 83.7 cm³/mol. The molecule has 1 aromatic heterocycles. The minimum atomic E-state index is -3.13. The van der Waals surface area contributed by atoms with Crippen molar-refractivity contribution in [3.05, 3.63) is 23.9 Å². The van der Waals surface area contributed by atoms with Gasteiger partial charge in [0.1, 0.15) is 11.7 Å². The van der Waals surface area contributed by atoms with Crippen LogP contribution >= 0.6 is 0 Å². The molecule has 0 amide bonds. The van der Waals surface area contributed by atoms with Gasteiger partial charge in [-0.2, -0.15) is 0 Å². The van der Waals surface area contributed by atoms with Crippen molar-refractivity contribution in [3.8, 4) is 0 Å². The number of rotatable bonds is 5. The summed E-state index contributed by atoms with van der Waals surface area (Å²) in [5, 5.41) is 8.98. The lowest BCUT2D eigenvalue weighted by Gasteiger charge is -2.36. The fourth-order valence-corrected chi connectivity index (χ4v) is 2.61. The van der Waals surface area contributed by atoms with Crippen LogP contribution in [0, 0.1) is 5.92 Å². The highest BCUT2D eigenvalue weighted by molar-refractivity contribution is 5.71. The smallest absolute Gasteiger partial charge is 0.313 e. The molecule has 1 aromatic rings. The number of alkyl halides is 2. The van der Waals surface area contributed by atoms with Crippen molar-refractivity contribution in [2.24, 2.45) is 5.92 Å². The molecule has 0 aromatic carbocycles. The molecule has 1 fully saturated rings.